The van der Waals surface area contributed by atoms with E-state index >= 15 is 0 Å². The van der Waals surface area contributed by atoms with E-state index in [-0.39, 0.29) is 12.5 Å². The maximum Gasteiger partial charge on any atom is 0.252 e. The maximum absolute atomic E-state index is 12.0. The SMILES string of the molecule is C=CCC(C)(C)C(=O)N(O)Cc1ccccc1. The van der Waals surface area contributed by atoms with Crippen LogP contribution in [0.1, 0.15) is 25.8 Å². The zero-order chi connectivity index (χ0) is 12.9. The highest BCUT2D eigenvalue weighted by Gasteiger charge is 2.30. The Labute approximate surface area is 102 Å². The van der Waals surface area contributed by atoms with Crippen LogP contribution in [0.4, 0.5) is 0 Å². The van der Waals surface area contributed by atoms with Crippen molar-refractivity contribution in [3.05, 3.63) is 48.6 Å². The predicted octanol–water partition coefficient (Wildman–Crippen LogP) is 3.01. The lowest BCUT2D eigenvalue weighted by Crippen LogP contribution is -2.38. The Morgan fingerprint density at radius 3 is 2.53 bits per heavy atom. The standard InChI is InChI=1S/C14H19NO2/c1-4-10-14(2,3)13(16)15(17)11-12-8-6-5-7-9-12/h4-9,17H,1,10-11H2,2-3H3. The molecule has 3 heteroatoms. The molecule has 0 heterocycles. The number of benzene rings is 1. The first-order valence-electron chi connectivity index (χ1n) is 5.63. The molecule has 1 N–H and O–H groups in total. The van der Waals surface area contributed by atoms with Crippen LogP contribution in [-0.2, 0) is 11.3 Å². The van der Waals surface area contributed by atoms with Gasteiger partial charge in [0.1, 0.15) is 0 Å². The first kappa shape index (κ1) is 13.5. The molecule has 1 aromatic carbocycles. The number of nitrogens with zero attached hydrogens (tertiary/aromatic N) is 1. The van der Waals surface area contributed by atoms with E-state index in [0.29, 0.717) is 6.42 Å². The zero-order valence-corrected chi connectivity index (χ0v) is 10.4. The number of hydrogen-bond acceptors (Lipinski definition) is 2. The lowest BCUT2D eigenvalue weighted by molar-refractivity contribution is -0.178. The lowest BCUT2D eigenvalue weighted by Gasteiger charge is -2.26. The summed E-state index contributed by atoms with van der Waals surface area (Å²) in [6.45, 7) is 7.42. The number of carbonyl (C=O) groups is 1. The summed E-state index contributed by atoms with van der Waals surface area (Å²) in [5.41, 5.74) is 0.281. The van der Waals surface area contributed by atoms with Crippen LogP contribution in [0.2, 0.25) is 0 Å². The molecule has 1 rings (SSSR count). The van der Waals surface area contributed by atoms with Gasteiger partial charge in [-0.05, 0) is 12.0 Å². The summed E-state index contributed by atoms with van der Waals surface area (Å²) in [5.74, 6) is -0.291. The Kier molecular flexibility index (Phi) is 4.46. The first-order valence-corrected chi connectivity index (χ1v) is 5.63. The minimum absolute atomic E-state index is 0.209. The van der Waals surface area contributed by atoms with E-state index in [1.54, 1.807) is 19.9 Å². The summed E-state index contributed by atoms with van der Waals surface area (Å²) in [5, 5.41) is 10.6. The Balaban J connectivity index is 2.68. The molecule has 0 unspecified atom stereocenters. The van der Waals surface area contributed by atoms with E-state index in [2.05, 4.69) is 6.58 Å². The van der Waals surface area contributed by atoms with Gasteiger partial charge in [0, 0.05) is 5.41 Å². The minimum Gasteiger partial charge on any atom is -0.286 e. The summed E-state index contributed by atoms with van der Waals surface area (Å²) in [4.78, 5) is 12.0. The van der Waals surface area contributed by atoms with Crippen LogP contribution in [0.3, 0.4) is 0 Å². The molecule has 0 atom stereocenters. The molecule has 0 fully saturated rings. The van der Waals surface area contributed by atoms with Crippen molar-refractivity contribution in [2.75, 3.05) is 0 Å². The summed E-state index contributed by atoms with van der Waals surface area (Å²) in [6.07, 6.45) is 2.23. The third kappa shape index (κ3) is 3.71. The van der Waals surface area contributed by atoms with Crippen molar-refractivity contribution in [1.82, 2.24) is 5.06 Å². The molecule has 1 aromatic rings. The summed E-state index contributed by atoms with van der Waals surface area (Å²) >= 11 is 0. The van der Waals surface area contributed by atoms with Crippen LogP contribution in [0.5, 0.6) is 0 Å². The van der Waals surface area contributed by atoms with Gasteiger partial charge in [-0.2, -0.15) is 0 Å². The average molecular weight is 233 g/mol. The van der Waals surface area contributed by atoms with E-state index in [0.717, 1.165) is 10.6 Å². The quantitative estimate of drug-likeness (QED) is 0.482. The Morgan fingerprint density at radius 2 is 2.00 bits per heavy atom. The molecule has 0 saturated carbocycles. The van der Waals surface area contributed by atoms with Crippen LogP contribution >= 0.6 is 0 Å². The van der Waals surface area contributed by atoms with E-state index in [4.69, 9.17) is 0 Å². The molecule has 17 heavy (non-hydrogen) atoms. The number of amides is 1. The first-order chi connectivity index (χ1) is 7.97. The number of hydrogen-bond donors (Lipinski definition) is 1. The van der Waals surface area contributed by atoms with Gasteiger partial charge in [-0.3, -0.25) is 10.0 Å². The van der Waals surface area contributed by atoms with E-state index in [9.17, 15) is 10.0 Å². The highest BCUT2D eigenvalue weighted by atomic mass is 16.5. The predicted molar refractivity (Wildman–Crippen MR) is 67.4 cm³/mol. The molecule has 0 bridgehead atoms. The molecule has 3 nitrogen and oxygen atoms in total. The van der Waals surface area contributed by atoms with Crippen LogP contribution in [0.15, 0.2) is 43.0 Å². The molecular weight excluding hydrogens is 214 g/mol. The van der Waals surface area contributed by atoms with Crippen LogP contribution in [0.25, 0.3) is 0 Å². The van der Waals surface area contributed by atoms with Crippen molar-refractivity contribution in [3.8, 4) is 0 Å². The number of allylic oxidation sites excluding steroid dienone is 1. The molecule has 0 spiro atoms. The molecule has 0 aliphatic rings. The number of hydroxylamine groups is 2. The minimum atomic E-state index is -0.620. The summed E-state index contributed by atoms with van der Waals surface area (Å²) in [7, 11) is 0. The Hall–Kier alpha value is -1.61. The molecule has 0 radical (unpaired) electrons. The molecule has 0 aliphatic heterocycles. The topological polar surface area (TPSA) is 40.5 Å². The Morgan fingerprint density at radius 1 is 1.41 bits per heavy atom. The van der Waals surface area contributed by atoms with Crippen molar-refractivity contribution >= 4 is 5.91 Å². The van der Waals surface area contributed by atoms with Crippen LogP contribution in [-0.4, -0.2) is 16.2 Å². The van der Waals surface area contributed by atoms with Gasteiger partial charge in [0.25, 0.3) is 5.91 Å². The summed E-state index contributed by atoms with van der Waals surface area (Å²) < 4.78 is 0. The number of carbonyl (C=O) groups excluding carboxylic acids is 1. The molecule has 0 saturated heterocycles. The second kappa shape index (κ2) is 5.64. The smallest absolute Gasteiger partial charge is 0.252 e. The number of rotatable bonds is 5. The third-order valence-corrected chi connectivity index (χ3v) is 2.64. The lowest BCUT2D eigenvalue weighted by atomic mass is 9.88. The van der Waals surface area contributed by atoms with Gasteiger partial charge in [0.2, 0.25) is 0 Å². The highest BCUT2D eigenvalue weighted by molar-refractivity contribution is 5.81. The largest absolute Gasteiger partial charge is 0.286 e. The van der Waals surface area contributed by atoms with Gasteiger partial charge >= 0.3 is 0 Å². The molecule has 0 aliphatic carbocycles. The Bertz CT molecular complexity index is 384. The normalized spacial score (nSPS) is 11.0. The van der Waals surface area contributed by atoms with Crippen molar-refractivity contribution in [1.29, 1.82) is 0 Å². The van der Waals surface area contributed by atoms with Gasteiger partial charge in [0.05, 0.1) is 6.54 Å². The molecule has 1 amide bonds. The maximum atomic E-state index is 12.0. The van der Waals surface area contributed by atoms with Gasteiger partial charge in [-0.25, -0.2) is 5.06 Å². The molecular formula is C14H19NO2. The van der Waals surface area contributed by atoms with Gasteiger partial charge in [-0.15, -0.1) is 6.58 Å². The van der Waals surface area contributed by atoms with E-state index < -0.39 is 5.41 Å². The van der Waals surface area contributed by atoms with E-state index in [1.807, 2.05) is 30.3 Å². The van der Waals surface area contributed by atoms with Gasteiger partial charge in [0.15, 0.2) is 0 Å². The zero-order valence-electron chi connectivity index (χ0n) is 10.4. The van der Waals surface area contributed by atoms with Crippen molar-refractivity contribution in [2.24, 2.45) is 5.41 Å². The fourth-order valence-corrected chi connectivity index (χ4v) is 1.63. The van der Waals surface area contributed by atoms with Crippen molar-refractivity contribution in [2.45, 2.75) is 26.8 Å². The van der Waals surface area contributed by atoms with Crippen LogP contribution in [0, 0.1) is 5.41 Å². The van der Waals surface area contributed by atoms with E-state index in [1.165, 1.54) is 0 Å². The third-order valence-electron chi connectivity index (χ3n) is 2.64. The summed E-state index contributed by atoms with van der Waals surface area (Å²) in [6, 6.07) is 9.40. The van der Waals surface area contributed by atoms with Gasteiger partial charge < -0.3 is 0 Å². The second-order valence-corrected chi connectivity index (χ2v) is 4.73. The van der Waals surface area contributed by atoms with Crippen molar-refractivity contribution in [3.63, 3.8) is 0 Å². The molecule has 92 valence electrons. The van der Waals surface area contributed by atoms with Gasteiger partial charge in [-0.1, -0.05) is 50.3 Å². The van der Waals surface area contributed by atoms with Crippen molar-refractivity contribution < 1.29 is 10.0 Å². The second-order valence-electron chi connectivity index (χ2n) is 4.73. The average Bonchev–Trinajstić information content (AvgIpc) is 2.29. The molecule has 0 aromatic heterocycles. The fourth-order valence-electron chi connectivity index (χ4n) is 1.63. The highest BCUT2D eigenvalue weighted by Crippen LogP contribution is 2.24. The van der Waals surface area contributed by atoms with Crippen LogP contribution < -0.4 is 0 Å². The monoisotopic (exact) mass is 233 g/mol. The fraction of sp³-hybridized carbons (Fsp3) is 0.357.